The van der Waals surface area contributed by atoms with Gasteiger partial charge in [0.05, 0.1) is 0 Å². The molecule has 0 atom stereocenters. The molecular formula is C21H24N2O. The average molecular weight is 320 g/mol. The van der Waals surface area contributed by atoms with Crippen molar-refractivity contribution in [1.82, 2.24) is 4.90 Å². The fraction of sp³-hybridized carbons (Fsp3) is 0.286. The lowest BCUT2D eigenvalue weighted by Gasteiger charge is -2.35. The van der Waals surface area contributed by atoms with Gasteiger partial charge in [-0.25, -0.2) is 0 Å². The summed E-state index contributed by atoms with van der Waals surface area (Å²) in [5.74, 6) is 0.0428. The molecule has 0 aliphatic carbocycles. The van der Waals surface area contributed by atoms with Gasteiger partial charge in [-0.3, -0.25) is 4.79 Å². The van der Waals surface area contributed by atoms with Gasteiger partial charge in [-0.1, -0.05) is 43.3 Å². The van der Waals surface area contributed by atoms with Crippen LogP contribution in [0, 0.1) is 0 Å². The van der Waals surface area contributed by atoms with Crippen LogP contribution in [-0.4, -0.2) is 43.4 Å². The number of rotatable bonds is 5. The first-order valence-corrected chi connectivity index (χ1v) is 8.61. The van der Waals surface area contributed by atoms with E-state index in [4.69, 9.17) is 0 Å². The van der Waals surface area contributed by atoms with E-state index in [0.29, 0.717) is 0 Å². The molecular weight excluding hydrogens is 296 g/mol. The van der Waals surface area contributed by atoms with E-state index in [0.717, 1.165) is 43.9 Å². The van der Waals surface area contributed by atoms with Crippen LogP contribution in [-0.2, 0) is 0 Å². The monoisotopic (exact) mass is 320 g/mol. The van der Waals surface area contributed by atoms with Crippen LogP contribution >= 0.6 is 0 Å². The molecule has 1 saturated heterocycles. The molecule has 2 aromatic rings. The number of hydrogen-bond acceptors (Lipinski definition) is 3. The number of nitrogens with zero attached hydrogens (tertiary/aromatic N) is 2. The van der Waals surface area contributed by atoms with Crippen LogP contribution in [0.25, 0.3) is 6.08 Å². The van der Waals surface area contributed by atoms with Gasteiger partial charge < -0.3 is 9.80 Å². The molecule has 124 valence electrons. The van der Waals surface area contributed by atoms with Gasteiger partial charge in [0, 0.05) is 37.4 Å². The number of carbonyl (C=O) groups excluding carboxylic acids is 1. The van der Waals surface area contributed by atoms with Crippen molar-refractivity contribution >= 4 is 17.5 Å². The largest absolute Gasteiger partial charge is 0.369 e. The summed E-state index contributed by atoms with van der Waals surface area (Å²) in [6.07, 6.45) is 3.50. The maximum absolute atomic E-state index is 12.3. The Balaban J connectivity index is 1.62. The zero-order valence-electron chi connectivity index (χ0n) is 14.2. The summed E-state index contributed by atoms with van der Waals surface area (Å²) < 4.78 is 0. The van der Waals surface area contributed by atoms with E-state index in [2.05, 4.69) is 28.9 Å². The van der Waals surface area contributed by atoms with Crippen molar-refractivity contribution < 1.29 is 4.79 Å². The zero-order chi connectivity index (χ0) is 16.8. The molecule has 0 N–H and O–H groups in total. The molecule has 0 radical (unpaired) electrons. The van der Waals surface area contributed by atoms with Crippen molar-refractivity contribution in [2.45, 2.75) is 6.92 Å². The minimum Gasteiger partial charge on any atom is -0.369 e. The van der Waals surface area contributed by atoms with Crippen molar-refractivity contribution in [2.75, 3.05) is 37.6 Å². The van der Waals surface area contributed by atoms with Gasteiger partial charge in [-0.05, 0) is 42.4 Å². The molecule has 1 heterocycles. The van der Waals surface area contributed by atoms with Gasteiger partial charge in [-0.2, -0.15) is 0 Å². The quantitative estimate of drug-likeness (QED) is 0.619. The van der Waals surface area contributed by atoms with Crippen LogP contribution in [0.4, 0.5) is 5.69 Å². The standard InChI is InChI=1S/C21H24N2O/c1-2-22-14-16-23(17-15-22)20-11-9-19(10-12-20)21(24)13-8-18-6-4-3-5-7-18/h3-13H,2,14-17H2,1H3/b13-8+. The number of anilines is 1. The first-order valence-electron chi connectivity index (χ1n) is 8.61. The van der Waals surface area contributed by atoms with Crippen molar-refractivity contribution in [2.24, 2.45) is 0 Å². The Kier molecular flexibility index (Phi) is 5.44. The molecule has 0 unspecified atom stereocenters. The molecule has 0 saturated carbocycles. The van der Waals surface area contributed by atoms with Crippen LogP contribution in [0.1, 0.15) is 22.8 Å². The molecule has 0 aromatic heterocycles. The van der Waals surface area contributed by atoms with Gasteiger partial charge >= 0.3 is 0 Å². The van der Waals surface area contributed by atoms with Crippen molar-refractivity contribution in [1.29, 1.82) is 0 Å². The van der Waals surface area contributed by atoms with E-state index in [1.54, 1.807) is 6.08 Å². The predicted octanol–water partition coefficient (Wildman–Crippen LogP) is 3.72. The predicted molar refractivity (Wildman–Crippen MR) is 101 cm³/mol. The van der Waals surface area contributed by atoms with E-state index < -0.39 is 0 Å². The molecule has 24 heavy (non-hydrogen) atoms. The summed E-state index contributed by atoms with van der Waals surface area (Å²) >= 11 is 0. The molecule has 0 spiro atoms. The fourth-order valence-electron chi connectivity index (χ4n) is 2.99. The summed E-state index contributed by atoms with van der Waals surface area (Å²) in [6, 6.07) is 17.9. The Labute approximate surface area is 144 Å². The lowest BCUT2D eigenvalue weighted by Crippen LogP contribution is -2.46. The number of likely N-dealkylation sites (N-methyl/N-ethyl adjacent to an activating group) is 1. The lowest BCUT2D eigenvalue weighted by molar-refractivity contribution is 0.104. The number of benzene rings is 2. The second kappa shape index (κ2) is 7.93. The highest BCUT2D eigenvalue weighted by Crippen LogP contribution is 2.18. The molecule has 2 aromatic carbocycles. The Morgan fingerprint density at radius 1 is 0.958 bits per heavy atom. The molecule has 1 fully saturated rings. The summed E-state index contributed by atoms with van der Waals surface area (Å²) in [6.45, 7) is 7.64. The van der Waals surface area contributed by atoms with Gasteiger partial charge in [-0.15, -0.1) is 0 Å². The normalized spacial score (nSPS) is 15.8. The SMILES string of the molecule is CCN1CCN(c2ccc(C(=O)/C=C/c3ccccc3)cc2)CC1. The van der Waals surface area contributed by atoms with Crippen molar-refractivity contribution in [3.05, 3.63) is 71.8 Å². The molecule has 1 aliphatic rings. The number of allylic oxidation sites excluding steroid dienone is 1. The van der Waals surface area contributed by atoms with Crippen LogP contribution < -0.4 is 4.90 Å². The highest BCUT2D eigenvalue weighted by Gasteiger charge is 2.15. The smallest absolute Gasteiger partial charge is 0.185 e. The molecule has 1 aliphatic heterocycles. The van der Waals surface area contributed by atoms with Crippen LogP contribution in [0.5, 0.6) is 0 Å². The molecule has 3 nitrogen and oxygen atoms in total. The van der Waals surface area contributed by atoms with Gasteiger partial charge in [0.15, 0.2) is 5.78 Å². The second-order valence-electron chi connectivity index (χ2n) is 6.08. The van der Waals surface area contributed by atoms with Crippen LogP contribution in [0.15, 0.2) is 60.7 Å². The van der Waals surface area contributed by atoms with Gasteiger partial charge in [0.1, 0.15) is 0 Å². The van der Waals surface area contributed by atoms with Crippen molar-refractivity contribution in [3.8, 4) is 0 Å². The molecule has 3 rings (SSSR count). The van der Waals surface area contributed by atoms with E-state index in [-0.39, 0.29) is 5.78 Å². The summed E-state index contributed by atoms with van der Waals surface area (Å²) in [5.41, 5.74) is 2.98. The number of carbonyl (C=O) groups is 1. The first kappa shape index (κ1) is 16.5. The molecule has 3 heteroatoms. The van der Waals surface area contributed by atoms with Crippen LogP contribution in [0.2, 0.25) is 0 Å². The number of ketones is 1. The maximum Gasteiger partial charge on any atom is 0.185 e. The zero-order valence-corrected chi connectivity index (χ0v) is 14.2. The van der Waals surface area contributed by atoms with E-state index in [1.165, 1.54) is 5.69 Å². The summed E-state index contributed by atoms with van der Waals surface area (Å²) in [7, 11) is 0. The topological polar surface area (TPSA) is 23.6 Å². The minimum atomic E-state index is 0.0428. The average Bonchev–Trinajstić information content (AvgIpc) is 2.67. The Morgan fingerprint density at radius 3 is 2.25 bits per heavy atom. The highest BCUT2D eigenvalue weighted by molar-refractivity contribution is 6.06. The van der Waals surface area contributed by atoms with Crippen molar-refractivity contribution in [3.63, 3.8) is 0 Å². The third kappa shape index (κ3) is 4.12. The fourth-order valence-corrected chi connectivity index (χ4v) is 2.99. The van der Waals surface area contributed by atoms with E-state index >= 15 is 0 Å². The lowest BCUT2D eigenvalue weighted by atomic mass is 10.1. The molecule has 0 bridgehead atoms. The van der Waals surface area contributed by atoms with Crippen LogP contribution in [0.3, 0.4) is 0 Å². The Bertz CT molecular complexity index is 684. The minimum absolute atomic E-state index is 0.0428. The maximum atomic E-state index is 12.3. The van der Waals surface area contributed by atoms with Gasteiger partial charge in [0.2, 0.25) is 0 Å². The van der Waals surface area contributed by atoms with E-state index in [1.807, 2.05) is 48.5 Å². The highest BCUT2D eigenvalue weighted by atomic mass is 16.1. The number of piperazine rings is 1. The Hall–Kier alpha value is -2.39. The third-order valence-electron chi connectivity index (χ3n) is 4.56. The first-order chi connectivity index (χ1) is 11.8. The molecule has 0 amide bonds. The second-order valence-corrected chi connectivity index (χ2v) is 6.08. The van der Waals surface area contributed by atoms with E-state index in [9.17, 15) is 4.79 Å². The Morgan fingerprint density at radius 2 is 1.62 bits per heavy atom. The third-order valence-corrected chi connectivity index (χ3v) is 4.56. The number of hydrogen-bond donors (Lipinski definition) is 0. The summed E-state index contributed by atoms with van der Waals surface area (Å²) in [4.78, 5) is 17.1. The summed E-state index contributed by atoms with van der Waals surface area (Å²) in [5, 5.41) is 0. The van der Waals surface area contributed by atoms with Gasteiger partial charge in [0.25, 0.3) is 0 Å².